The summed E-state index contributed by atoms with van der Waals surface area (Å²) in [5.41, 5.74) is 7.45. The van der Waals surface area contributed by atoms with Crippen molar-refractivity contribution in [1.82, 2.24) is 4.90 Å². The van der Waals surface area contributed by atoms with E-state index in [-0.39, 0.29) is 17.2 Å². The Bertz CT molecular complexity index is 895. The van der Waals surface area contributed by atoms with Gasteiger partial charge in [-0.15, -0.1) is 11.8 Å². The summed E-state index contributed by atoms with van der Waals surface area (Å²) in [5.74, 6) is 0.566. The van der Waals surface area contributed by atoms with Gasteiger partial charge in [-0.05, 0) is 11.1 Å². The van der Waals surface area contributed by atoms with Crippen molar-refractivity contribution in [1.29, 1.82) is 0 Å². The van der Waals surface area contributed by atoms with Crippen molar-refractivity contribution in [2.75, 3.05) is 12.9 Å². The predicted octanol–water partition coefficient (Wildman–Crippen LogP) is 2.99. The van der Waals surface area contributed by atoms with Crippen LogP contribution in [0.15, 0.2) is 72.3 Å². The standard InChI is InChI=1S/C21H20N2O5S/c1-26-15-12-29-20-16(22)18(24)23(20)19(15)28-21(25)27-17(13-8-4-2-5-9-13)14-10-6-3-7-11-14/h2-11,16-17,20H,12,22H2,1H3/t16-,20+/m1/s1. The smallest absolute Gasteiger partial charge is 0.495 e. The number of benzene rings is 2. The van der Waals surface area contributed by atoms with E-state index in [0.717, 1.165) is 11.1 Å². The molecule has 2 atom stereocenters. The summed E-state index contributed by atoms with van der Waals surface area (Å²) < 4.78 is 16.4. The topological polar surface area (TPSA) is 91.1 Å². The molecule has 2 aromatic rings. The summed E-state index contributed by atoms with van der Waals surface area (Å²) in [6, 6.07) is 18.1. The number of amides is 1. The summed E-state index contributed by atoms with van der Waals surface area (Å²) in [4.78, 5) is 26.2. The van der Waals surface area contributed by atoms with E-state index < -0.39 is 18.3 Å². The van der Waals surface area contributed by atoms with Crippen LogP contribution in [0.1, 0.15) is 17.2 Å². The number of rotatable bonds is 5. The molecule has 0 unspecified atom stereocenters. The lowest BCUT2D eigenvalue weighted by Crippen LogP contribution is -2.68. The number of nitrogens with zero attached hydrogens (tertiary/aromatic N) is 1. The molecule has 1 amide bonds. The number of β-lactam (4-membered cyclic amide) rings is 1. The molecule has 0 saturated carbocycles. The molecule has 2 aromatic carbocycles. The molecular weight excluding hydrogens is 392 g/mol. The lowest BCUT2D eigenvalue weighted by Gasteiger charge is -2.47. The lowest BCUT2D eigenvalue weighted by atomic mass is 10.0. The van der Waals surface area contributed by atoms with Crippen LogP contribution >= 0.6 is 11.8 Å². The second-order valence-electron chi connectivity index (χ2n) is 6.54. The molecular formula is C21H20N2O5S. The van der Waals surface area contributed by atoms with Crippen molar-refractivity contribution in [2.45, 2.75) is 17.5 Å². The SMILES string of the molecule is COC1=C(OC(=O)OC(c2ccccc2)c2ccccc2)N2C(=O)[C@@H](N)[C@@H]2SC1. The van der Waals surface area contributed by atoms with Crippen molar-refractivity contribution in [3.8, 4) is 0 Å². The van der Waals surface area contributed by atoms with Crippen molar-refractivity contribution in [3.63, 3.8) is 0 Å². The van der Waals surface area contributed by atoms with Crippen LogP contribution in [-0.2, 0) is 19.0 Å². The fraction of sp³-hybridized carbons (Fsp3) is 0.238. The molecule has 0 aromatic heterocycles. The molecule has 29 heavy (non-hydrogen) atoms. The number of fused-ring (bicyclic) bond motifs is 1. The molecule has 7 nitrogen and oxygen atoms in total. The van der Waals surface area contributed by atoms with Crippen LogP contribution in [0.3, 0.4) is 0 Å². The molecule has 150 valence electrons. The Kier molecular flexibility index (Phi) is 5.46. The van der Waals surface area contributed by atoms with E-state index in [9.17, 15) is 9.59 Å². The maximum absolute atomic E-state index is 12.7. The third kappa shape index (κ3) is 3.68. The van der Waals surface area contributed by atoms with Crippen molar-refractivity contribution in [3.05, 3.63) is 83.4 Å². The zero-order valence-corrected chi connectivity index (χ0v) is 16.5. The molecule has 8 heteroatoms. The molecule has 0 aliphatic carbocycles. The zero-order chi connectivity index (χ0) is 20.4. The highest BCUT2D eigenvalue weighted by Gasteiger charge is 2.52. The van der Waals surface area contributed by atoms with Crippen LogP contribution in [0.5, 0.6) is 0 Å². The number of thioether (sulfide) groups is 1. The molecule has 2 heterocycles. The Morgan fingerprint density at radius 1 is 1.10 bits per heavy atom. The molecule has 2 aliphatic rings. The summed E-state index contributed by atoms with van der Waals surface area (Å²) >= 11 is 1.46. The van der Waals surface area contributed by atoms with E-state index in [1.54, 1.807) is 0 Å². The van der Waals surface area contributed by atoms with Gasteiger partial charge in [0.1, 0.15) is 11.4 Å². The number of hydrogen-bond donors (Lipinski definition) is 1. The van der Waals surface area contributed by atoms with E-state index in [2.05, 4.69) is 0 Å². The van der Waals surface area contributed by atoms with E-state index in [4.69, 9.17) is 19.9 Å². The summed E-state index contributed by atoms with van der Waals surface area (Å²) in [7, 11) is 1.46. The van der Waals surface area contributed by atoms with E-state index >= 15 is 0 Å². The fourth-order valence-electron chi connectivity index (χ4n) is 3.27. The van der Waals surface area contributed by atoms with Gasteiger partial charge >= 0.3 is 6.16 Å². The van der Waals surface area contributed by atoms with Crippen molar-refractivity contribution in [2.24, 2.45) is 5.73 Å². The Morgan fingerprint density at radius 2 is 1.69 bits per heavy atom. The molecule has 1 saturated heterocycles. The van der Waals surface area contributed by atoms with Gasteiger partial charge in [0.05, 0.1) is 12.9 Å². The Balaban J connectivity index is 1.57. The molecule has 2 aliphatic heterocycles. The number of hydrogen-bond acceptors (Lipinski definition) is 7. The van der Waals surface area contributed by atoms with Gasteiger partial charge in [-0.3, -0.25) is 9.69 Å². The van der Waals surface area contributed by atoms with Gasteiger partial charge in [0.25, 0.3) is 0 Å². The quantitative estimate of drug-likeness (QED) is 0.596. The Hall–Kier alpha value is -2.97. The maximum atomic E-state index is 12.7. The van der Waals surface area contributed by atoms with Crippen LogP contribution in [0, 0.1) is 0 Å². The monoisotopic (exact) mass is 412 g/mol. The van der Waals surface area contributed by atoms with Gasteiger partial charge in [-0.2, -0.15) is 0 Å². The average Bonchev–Trinajstić information content (AvgIpc) is 2.77. The highest BCUT2D eigenvalue weighted by Crippen LogP contribution is 2.40. The Morgan fingerprint density at radius 3 is 2.24 bits per heavy atom. The van der Waals surface area contributed by atoms with Gasteiger partial charge in [0.15, 0.2) is 11.9 Å². The summed E-state index contributed by atoms with van der Waals surface area (Å²) in [5, 5.41) is -0.275. The van der Waals surface area contributed by atoms with E-state index in [1.165, 1.54) is 23.8 Å². The number of carbonyl (C=O) groups excluding carboxylic acids is 2. The second-order valence-corrected chi connectivity index (χ2v) is 7.64. The minimum Gasteiger partial charge on any atom is -0.495 e. The first kappa shape index (κ1) is 19.4. The number of ether oxygens (including phenoxy) is 3. The van der Waals surface area contributed by atoms with Crippen molar-refractivity contribution < 1.29 is 23.8 Å². The highest BCUT2D eigenvalue weighted by molar-refractivity contribution is 8.00. The number of carbonyl (C=O) groups is 2. The largest absolute Gasteiger partial charge is 0.516 e. The maximum Gasteiger partial charge on any atom is 0.516 e. The molecule has 1 fully saturated rings. The van der Waals surface area contributed by atoms with Gasteiger partial charge in [0, 0.05) is 0 Å². The van der Waals surface area contributed by atoms with Crippen molar-refractivity contribution >= 4 is 23.8 Å². The first-order chi connectivity index (χ1) is 14.1. The van der Waals surface area contributed by atoms with E-state index in [1.807, 2.05) is 60.7 Å². The molecule has 2 N–H and O–H groups in total. The highest BCUT2D eigenvalue weighted by atomic mass is 32.2. The zero-order valence-electron chi connectivity index (χ0n) is 15.7. The van der Waals surface area contributed by atoms with Gasteiger partial charge in [-0.1, -0.05) is 60.7 Å². The Labute approximate surface area is 172 Å². The lowest BCUT2D eigenvalue weighted by molar-refractivity contribution is -0.145. The summed E-state index contributed by atoms with van der Waals surface area (Å²) in [6.45, 7) is 0. The average molecular weight is 412 g/mol. The third-order valence-corrected chi connectivity index (χ3v) is 6.05. The van der Waals surface area contributed by atoms with Gasteiger partial charge < -0.3 is 19.9 Å². The minimum atomic E-state index is -0.925. The fourth-order valence-corrected chi connectivity index (χ4v) is 4.51. The molecule has 0 bridgehead atoms. The molecule has 0 spiro atoms. The van der Waals surface area contributed by atoms with Gasteiger partial charge in [0.2, 0.25) is 11.8 Å². The van der Waals surface area contributed by atoms with Crippen LogP contribution < -0.4 is 5.73 Å². The third-order valence-electron chi connectivity index (χ3n) is 4.77. The van der Waals surface area contributed by atoms with E-state index in [0.29, 0.717) is 11.5 Å². The normalized spacial score (nSPS) is 20.8. The number of nitrogens with two attached hydrogens (primary N) is 1. The van der Waals surface area contributed by atoms with Crippen LogP contribution in [0.25, 0.3) is 0 Å². The molecule has 0 radical (unpaired) electrons. The minimum absolute atomic E-state index is 0.0489. The van der Waals surface area contributed by atoms with Crippen LogP contribution in [-0.4, -0.2) is 41.2 Å². The first-order valence-corrected chi connectivity index (χ1v) is 10.1. The van der Waals surface area contributed by atoms with Crippen LogP contribution in [0.4, 0.5) is 4.79 Å². The number of methoxy groups -OCH3 is 1. The first-order valence-electron chi connectivity index (χ1n) is 9.06. The van der Waals surface area contributed by atoms with Gasteiger partial charge in [-0.25, -0.2) is 4.79 Å². The molecule has 4 rings (SSSR count). The summed E-state index contributed by atoms with van der Waals surface area (Å²) in [6.07, 6.45) is -1.58. The second kappa shape index (κ2) is 8.18. The predicted molar refractivity (Wildman–Crippen MR) is 107 cm³/mol. The van der Waals surface area contributed by atoms with Crippen LogP contribution in [0.2, 0.25) is 0 Å².